The molecule has 154 valence electrons. The van der Waals surface area contributed by atoms with E-state index >= 15 is 0 Å². The number of hydrogen-bond donors (Lipinski definition) is 0. The predicted molar refractivity (Wildman–Crippen MR) is 117 cm³/mol. The molecule has 1 aliphatic heterocycles. The first-order valence-electron chi connectivity index (χ1n) is 9.56. The highest BCUT2D eigenvalue weighted by Crippen LogP contribution is 2.39. The Labute approximate surface area is 181 Å². The van der Waals surface area contributed by atoms with Gasteiger partial charge in [-0.15, -0.1) is 0 Å². The van der Waals surface area contributed by atoms with Crippen molar-refractivity contribution in [3.63, 3.8) is 0 Å². The molecule has 0 amide bonds. The van der Waals surface area contributed by atoms with Gasteiger partial charge in [0.2, 0.25) is 0 Å². The number of thioether (sulfide) groups is 1. The van der Waals surface area contributed by atoms with Crippen LogP contribution in [0.5, 0.6) is 0 Å². The second-order valence-electron chi connectivity index (χ2n) is 7.27. The third kappa shape index (κ3) is 5.94. The predicted octanol–water partition coefficient (Wildman–Crippen LogP) is 5.31. The van der Waals surface area contributed by atoms with Crippen LogP contribution >= 0.6 is 23.4 Å². The molecule has 0 spiro atoms. The van der Waals surface area contributed by atoms with Crippen molar-refractivity contribution in [3.8, 4) is 6.07 Å². The molecule has 0 aromatic heterocycles. The van der Waals surface area contributed by atoms with E-state index in [1.165, 1.54) is 11.8 Å². The minimum absolute atomic E-state index is 0.0720. The van der Waals surface area contributed by atoms with Gasteiger partial charge in [-0.3, -0.25) is 9.59 Å². The highest BCUT2D eigenvalue weighted by molar-refractivity contribution is 8.03. The largest absolute Gasteiger partial charge is 0.465 e. The number of carbonyl (C=O) groups is 2. The summed E-state index contributed by atoms with van der Waals surface area (Å²) in [5, 5.41) is 10.9. The van der Waals surface area contributed by atoms with Gasteiger partial charge in [0, 0.05) is 22.2 Å². The zero-order valence-electron chi connectivity index (χ0n) is 17.1. The lowest BCUT2D eigenvalue weighted by atomic mass is 9.77. The molecular weight excluding hydrogens is 408 g/mol. The Kier molecular flexibility index (Phi) is 8.48. The van der Waals surface area contributed by atoms with Gasteiger partial charge < -0.3 is 4.74 Å². The Morgan fingerprint density at radius 2 is 1.97 bits per heavy atom. The molecule has 7 heteroatoms. The molecule has 0 saturated carbocycles. The fourth-order valence-corrected chi connectivity index (χ4v) is 4.45. The van der Waals surface area contributed by atoms with E-state index in [1.807, 2.05) is 0 Å². The van der Waals surface area contributed by atoms with Crippen LogP contribution in [0.2, 0.25) is 5.02 Å². The van der Waals surface area contributed by atoms with E-state index < -0.39 is 5.92 Å². The molecule has 1 aromatic carbocycles. The first-order valence-corrected chi connectivity index (χ1v) is 10.9. The second kappa shape index (κ2) is 10.6. The topological polar surface area (TPSA) is 79.5 Å². The van der Waals surface area contributed by atoms with Gasteiger partial charge in [-0.25, -0.2) is 4.99 Å². The summed E-state index contributed by atoms with van der Waals surface area (Å²) in [4.78, 5) is 29.6. The number of hydrogen-bond acceptors (Lipinski definition) is 6. The quantitative estimate of drug-likeness (QED) is 0.411. The van der Waals surface area contributed by atoms with E-state index in [-0.39, 0.29) is 35.9 Å². The summed E-state index contributed by atoms with van der Waals surface area (Å²) in [5.41, 5.74) is 1.63. The smallest absolute Gasteiger partial charge is 0.315 e. The molecule has 1 heterocycles. The summed E-state index contributed by atoms with van der Waals surface area (Å²) in [7, 11) is 0. The average molecular weight is 433 g/mol. The number of Topliss-reactive ketones (excluding diaryl/α,β-unsaturated/α-hetero) is 1. The first kappa shape index (κ1) is 23.2. The molecule has 2 atom stereocenters. The molecule has 1 aromatic rings. The lowest BCUT2D eigenvalue weighted by Crippen LogP contribution is -2.36. The molecule has 2 rings (SSSR count). The maximum absolute atomic E-state index is 12.5. The third-order valence-electron chi connectivity index (χ3n) is 4.62. The molecule has 1 unspecified atom stereocenters. The Hall–Kier alpha value is -2.10. The molecule has 0 radical (unpaired) electrons. The zero-order chi connectivity index (χ0) is 21.6. The van der Waals surface area contributed by atoms with Crippen molar-refractivity contribution in [1.82, 2.24) is 0 Å². The number of benzene rings is 1. The molecule has 5 nitrogen and oxygen atoms in total. The van der Waals surface area contributed by atoms with Gasteiger partial charge in [0.05, 0.1) is 24.0 Å². The number of rotatable bonds is 8. The van der Waals surface area contributed by atoms with E-state index in [4.69, 9.17) is 16.3 Å². The van der Waals surface area contributed by atoms with E-state index in [9.17, 15) is 14.9 Å². The van der Waals surface area contributed by atoms with E-state index in [1.54, 1.807) is 38.1 Å². The SMILES string of the molecule is CCOC(=O)C1C(C)=NC(SCC(=O)c2ccc(Cl)cc2)=C(C#N)[C@H]1CC(C)C. The molecule has 0 saturated heterocycles. The number of halogens is 1. The van der Waals surface area contributed by atoms with E-state index in [0.717, 1.165) is 0 Å². The van der Waals surface area contributed by atoms with Gasteiger partial charge in [-0.2, -0.15) is 5.26 Å². The van der Waals surface area contributed by atoms with Crippen molar-refractivity contribution < 1.29 is 14.3 Å². The minimum atomic E-state index is -0.566. The summed E-state index contributed by atoms with van der Waals surface area (Å²) in [6.45, 7) is 7.92. The highest BCUT2D eigenvalue weighted by atomic mass is 35.5. The zero-order valence-corrected chi connectivity index (χ0v) is 18.6. The number of nitriles is 1. The van der Waals surface area contributed by atoms with Crippen LogP contribution in [0.1, 0.15) is 44.5 Å². The van der Waals surface area contributed by atoms with Crippen LogP contribution in [0.15, 0.2) is 39.9 Å². The second-order valence-corrected chi connectivity index (χ2v) is 8.67. The standard InChI is InChI=1S/C22H25ClN2O3S/c1-5-28-22(27)20-14(4)25-21(18(11-24)17(20)10-13(2)3)29-12-19(26)15-6-8-16(23)9-7-15/h6-9,13,17,20H,5,10,12H2,1-4H3/t17-,20?/m1/s1. The third-order valence-corrected chi connectivity index (χ3v) is 5.87. The molecule has 0 aliphatic carbocycles. The lowest BCUT2D eigenvalue weighted by Gasteiger charge is -2.30. The monoisotopic (exact) mass is 432 g/mol. The highest BCUT2D eigenvalue weighted by Gasteiger charge is 2.39. The number of ketones is 1. The minimum Gasteiger partial charge on any atom is -0.465 e. The van der Waals surface area contributed by atoms with Gasteiger partial charge >= 0.3 is 5.97 Å². The van der Waals surface area contributed by atoms with Crippen LogP contribution in [0.3, 0.4) is 0 Å². The Balaban J connectivity index is 2.28. The van der Waals surface area contributed by atoms with Crippen LogP contribution in [0, 0.1) is 29.1 Å². The number of allylic oxidation sites excluding steroid dienone is 1. The summed E-state index contributed by atoms with van der Waals surface area (Å²) in [5.74, 6) is -0.857. The molecular formula is C22H25ClN2O3S. The molecule has 29 heavy (non-hydrogen) atoms. The molecule has 1 aliphatic rings. The molecule has 0 bridgehead atoms. The number of ether oxygens (including phenoxy) is 1. The van der Waals surface area contributed by atoms with Crippen molar-refractivity contribution >= 4 is 40.8 Å². The molecule has 0 fully saturated rings. The van der Waals surface area contributed by atoms with E-state index in [2.05, 4.69) is 24.9 Å². The van der Waals surface area contributed by atoms with Crippen LogP contribution < -0.4 is 0 Å². The summed E-state index contributed by atoms with van der Waals surface area (Å²) >= 11 is 7.11. The Morgan fingerprint density at radius 3 is 2.52 bits per heavy atom. The Morgan fingerprint density at radius 1 is 1.31 bits per heavy atom. The van der Waals surface area contributed by atoms with Crippen LogP contribution in [0.25, 0.3) is 0 Å². The lowest BCUT2D eigenvalue weighted by molar-refractivity contribution is -0.146. The fourth-order valence-electron chi connectivity index (χ4n) is 3.33. The summed E-state index contributed by atoms with van der Waals surface area (Å²) < 4.78 is 5.23. The number of carbonyl (C=O) groups excluding carboxylic acids is 2. The maximum atomic E-state index is 12.5. The van der Waals surface area contributed by atoms with Crippen molar-refractivity contribution in [2.24, 2.45) is 22.7 Å². The van der Waals surface area contributed by atoms with Gasteiger partial charge in [0.1, 0.15) is 10.9 Å². The maximum Gasteiger partial charge on any atom is 0.315 e. The van der Waals surface area contributed by atoms with Gasteiger partial charge in [-0.05, 0) is 50.5 Å². The average Bonchev–Trinajstić information content (AvgIpc) is 2.66. The van der Waals surface area contributed by atoms with Crippen LogP contribution in [0.4, 0.5) is 0 Å². The fraction of sp³-hybridized carbons (Fsp3) is 0.455. The van der Waals surface area contributed by atoms with Crippen molar-refractivity contribution in [2.45, 2.75) is 34.1 Å². The summed E-state index contributed by atoms with van der Waals surface area (Å²) in [6.07, 6.45) is 0.661. The van der Waals surface area contributed by atoms with Crippen LogP contribution in [-0.2, 0) is 9.53 Å². The van der Waals surface area contributed by atoms with Gasteiger partial charge in [0.25, 0.3) is 0 Å². The number of nitrogens with zero attached hydrogens (tertiary/aromatic N) is 2. The Bertz CT molecular complexity index is 869. The van der Waals surface area contributed by atoms with Crippen molar-refractivity contribution in [3.05, 3.63) is 45.5 Å². The van der Waals surface area contributed by atoms with Crippen LogP contribution in [-0.4, -0.2) is 29.8 Å². The van der Waals surface area contributed by atoms with E-state index in [0.29, 0.717) is 33.3 Å². The normalized spacial score (nSPS) is 19.0. The van der Waals surface area contributed by atoms with Gasteiger partial charge in [-0.1, -0.05) is 37.2 Å². The van der Waals surface area contributed by atoms with Gasteiger partial charge in [0.15, 0.2) is 5.78 Å². The number of esters is 1. The molecule has 0 N–H and O–H groups in total. The van der Waals surface area contributed by atoms with Crippen molar-refractivity contribution in [2.75, 3.05) is 12.4 Å². The number of aliphatic imine (C=N–C) groups is 1. The first-order chi connectivity index (χ1) is 13.8. The van der Waals surface area contributed by atoms with Crippen molar-refractivity contribution in [1.29, 1.82) is 5.26 Å². The summed E-state index contributed by atoms with van der Waals surface area (Å²) in [6, 6.07) is 8.94.